The molecular formula is C10H20O. The molecule has 1 saturated carbocycles. The van der Waals surface area contributed by atoms with Gasteiger partial charge < -0.3 is 5.11 Å². The first kappa shape index (κ1) is 9.05. The Morgan fingerprint density at radius 3 is 2.36 bits per heavy atom. The Hall–Kier alpha value is -0.0400. The molecule has 2 atom stereocenters. The fraction of sp³-hybridized carbons (Fsp3) is 1.00. The highest BCUT2D eigenvalue weighted by atomic mass is 16.3. The smallest absolute Gasteiger partial charge is 0.0433 e. The molecule has 66 valence electrons. The maximum absolute atomic E-state index is 8.85. The van der Waals surface area contributed by atoms with Crippen LogP contribution in [0.5, 0.6) is 0 Å². The average Bonchev–Trinajstić information content (AvgIpc) is 2.16. The van der Waals surface area contributed by atoms with Crippen LogP contribution in [-0.4, -0.2) is 11.7 Å². The zero-order chi connectivity index (χ0) is 8.48. The molecule has 1 aliphatic rings. The van der Waals surface area contributed by atoms with Crippen molar-refractivity contribution >= 4 is 0 Å². The fourth-order valence-corrected chi connectivity index (χ4v) is 2.27. The standard InChI is InChI=1S/C10H20O/c1-8-4-5-9(6-7-11)10(8,2)3/h8-9,11H,4-7H2,1-3H3/t8-,9-/m1/s1. The van der Waals surface area contributed by atoms with Crippen molar-refractivity contribution in [2.45, 2.75) is 40.0 Å². The van der Waals surface area contributed by atoms with Crippen molar-refractivity contribution in [3.8, 4) is 0 Å². The first-order valence-corrected chi connectivity index (χ1v) is 4.70. The highest BCUT2D eigenvalue weighted by Crippen LogP contribution is 2.48. The molecule has 1 heteroatoms. The van der Waals surface area contributed by atoms with Gasteiger partial charge in [0.15, 0.2) is 0 Å². The minimum atomic E-state index is 0.362. The normalized spacial score (nSPS) is 36.0. The Balaban J connectivity index is 2.55. The van der Waals surface area contributed by atoms with E-state index in [1.165, 1.54) is 12.8 Å². The van der Waals surface area contributed by atoms with Gasteiger partial charge in [-0.15, -0.1) is 0 Å². The van der Waals surface area contributed by atoms with E-state index in [2.05, 4.69) is 20.8 Å². The van der Waals surface area contributed by atoms with Crippen molar-refractivity contribution in [3.05, 3.63) is 0 Å². The molecule has 1 nitrogen and oxygen atoms in total. The summed E-state index contributed by atoms with van der Waals surface area (Å²) in [5.74, 6) is 1.58. The van der Waals surface area contributed by atoms with Crippen LogP contribution < -0.4 is 0 Å². The summed E-state index contributed by atoms with van der Waals surface area (Å²) < 4.78 is 0. The minimum Gasteiger partial charge on any atom is -0.396 e. The lowest BCUT2D eigenvalue weighted by molar-refractivity contribution is 0.156. The molecule has 1 aliphatic carbocycles. The van der Waals surface area contributed by atoms with Gasteiger partial charge in [-0.05, 0) is 36.5 Å². The molecule has 0 aromatic rings. The van der Waals surface area contributed by atoms with Crippen molar-refractivity contribution in [2.75, 3.05) is 6.61 Å². The Morgan fingerprint density at radius 1 is 1.36 bits per heavy atom. The third kappa shape index (κ3) is 1.58. The molecule has 1 fully saturated rings. The summed E-state index contributed by atoms with van der Waals surface area (Å²) in [5.41, 5.74) is 0.461. The van der Waals surface area contributed by atoms with Crippen LogP contribution in [0.1, 0.15) is 40.0 Å². The number of aliphatic hydroxyl groups excluding tert-OH is 1. The van der Waals surface area contributed by atoms with Gasteiger partial charge >= 0.3 is 0 Å². The third-order valence-electron chi connectivity index (χ3n) is 3.75. The lowest BCUT2D eigenvalue weighted by atomic mass is 9.75. The zero-order valence-electron chi connectivity index (χ0n) is 7.93. The van der Waals surface area contributed by atoms with Gasteiger partial charge in [-0.1, -0.05) is 20.8 Å². The Kier molecular flexibility index (Phi) is 2.58. The third-order valence-corrected chi connectivity index (χ3v) is 3.75. The first-order chi connectivity index (χ1) is 5.09. The van der Waals surface area contributed by atoms with Crippen molar-refractivity contribution in [1.29, 1.82) is 0 Å². The summed E-state index contributed by atoms with van der Waals surface area (Å²) >= 11 is 0. The van der Waals surface area contributed by atoms with Crippen molar-refractivity contribution in [2.24, 2.45) is 17.3 Å². The second kappa shape index (κ2) is 3.14. The van der Waals surface area contributed by atoms with Crippen LogP contribution in [0.4, 0.5) is 0 Å². The molecule has 0 bridgehead atoms. The van der Waals surface area contributed by atoms with Gasteiger partial charge in [0.05, 0.1) is 0 Å². The maximum atomic E-state index is 8.85. The summed E-state index contributed by atoms with van der Waals surface area (Å²) in [6.45, 7) is 7.37. The number of hydrogen-bond donors (Lipinski definition) is 1. The van der Waals surface area contributed by atoms with Crippen LogP contribution >= 0.6 is 0 Å². The molecule has 1 N–H and O–H groups in total. The lowest BCUT2D eigenvalue weighted by Gasteiger charge is -2.30. The van der Waals surface area contributed by atoms with Crippen LogP contribution in [0.2, 0.25) is 0 Å². The van der Waals surface area contributed by atoms with E-state index in [1.807, 2.05) is 0 Å². The quantitative estimate of drug-likeness (QED) is 0.651. The molecule has 0 aromatic heterocycles. The van der Waals surface area contributed by atoms with E-state index in [-0.39, 0.29) is 0 Å². The summed E-state index contributed by atoms with van der Waals surface area (Å²) in [6, 6.07) is 0. The summed E-state index contributed by atoms with van der Waals surface area (Å²) in [5, 5.41) is 8.85. The van der Waals surface area contributed by atoms with Crippen LogP contribution in [0.3, 0.4) is 0 Å². The van der Waals surface area contributed by atoms with Gasteiger partial charge in [-0.2, -0.15) is 0 Å². The topological polar surface area (TPSA) is 20.2 Å². The summed E-state index contributed by atoms with van der Waals surface area (Å²) in [6.07, 6.45) is 3.66. The Labute approximate surface area is 69.8 Å². The van der Waals surface area contributed by atoms with Gasteiger partial charge in [0, 0.05) is 6.61 Å². The van der Waals surface area contributed by atoms with E-state index in [0.29, 0.717) is 12.0 Å². The van der Waals surface area contributed by atoms with E-state index < -0.39 is 0 Å². The molecule has 0 heterocycles. The lowest BCUT2D eigenvalue weighted by Crippen LogP contribution is -2.23. The SMILES string of the molecule is C[C@@H]1CC[C@H](CCO)C1(C)C. The van der Waals surface area contributed by atoms with E-state index in [4.69, 9.17) is 5.11 Å². The predicted octanol–water partition coefficient (Wildman–Crippen LogP) is 2.44. The van der Waals surface area contributed by atoms with Gasteiger partial charge in [-0.3, -0.25) is 0 Å². The van der Waals surface area contributed by atoms with Gasteiger partial charge in [0.1, 0.15) is 0 Å². The van der Waals surface area contributed by atoms with Crippen LogP contribution in [0.25, 0.3) is 0 Å². The molecular weight excluding hydrogens is 136 g/mol. The maximum Gasteiger partial charge on any atom is 0.0433 e. The zero-order valence-corrected chi connectivity index (χ0v) is 7.93. The van der Waals surface area contributed by atoms with Crippen molar-refractivity contribution in [1.82, 2.24) is 0 Å². The molecule has 0 spiro atoms. The molecule has 11 heavy (non-hydrogen) atoms. The van der Waals surface area contributed by atoms with E-state index in [0.717, 1.165) is 18.3 Å². The highest BCUT2D eigenvalue weighted by Gasteiger charge is 2.39. The second-order valence-corrected chi connectivity index (χ2v) is 4.51. The predicted molar refractivity (Wildman–Crippen MR) is 47.4 cm³/mol. The monoisotopic (exact) mass is 156 g/mol. The number of aliphatic hydroxyl groups is 1. The number of rotatable bonds is 2. The Bertz CT molecular complexity index is 127. The van der Waals surface area contributed by atoms with Gasteiger partial charge in [0.25, 0.3) is 0 Å². The Morgan fingerprint density at radius 2 is 2.00 bits per heavy atom. The van der Waals surface area contributed by atoms with E-state index >= 15 is 0 Å². The van der Waals surface area contributed by atoms with Crippen LogP contribution in [-0.2, 0) is 0 Å². The second-order valence-electron chi connectivity index (χ2n) is 4.51. The van der Waals surface area contributed by atoms with Crippen LogP contribution in [0, 0.1) is 17.3 Å². The van der Waals surface area contributed by atoms with Crippen molar-refractivity contribution < 1.29 is 5.11 Å². The van der Waals surface area contributed by atoms with E-state index in [9.17, 15) is 0 Å². The minimum absolute atomic E-state index is 0.362. The first-order valence-electron chi connectivity index (χ1n) is 4.70. The molecule has 0 unspecified atom stereocenters. The largest absolute Gasteiger partial charge is 0.396 e. The molecule has 0 amide bonds. The number of hydrogen-bond acceptors (Lipinski definition) is 1. The average molecular weight is 156 g/mol. The molecule has 1 rings (SSSR count). The van der Waals surface area contributed by atoms with E-state index in [1.54, 1.807) is 0 Å². The molecule has 0 saturated heterocycles. The van der Waals surface area contributed by atoms with Gasteiger partial charge in [-0.25, -0.2) is 0 Å². The molecule has 0 radical (unpaired) electrons. The summed E-state index contributed by atoms with van der Waals surface area (Å²) in [4.78, 5) is 0. The highest BCUT2D eigenvalue weighted by molar-refractivity contribution is 4.89. The fourth-order valence-electron chi connectivity index (χ4n) is 2.27. The molecule has 0 aliphatic heterocycles. The van der Waals surface area contributed by atoms with Gasteiger partial charge in [0.2, 0.25) is 0 Å². The van der Waals surface area contributed by atoms with Crippen LogP contribution in [0.15, 0.2) is 0 Å². The molecule has 0 aromatic carbocycles. The van der Waals surface area contributed by atoms with Crippen molar-refractivity contribution in [3.63, 3.8) is 0 Å². The summed E-state index contributed by atoms with van der Waals surface area (Å²) in [7, 11) is 0.